The predicted molar refractivity (Wildman–Crippen MR) is 66.2 cm³/mol. The predicted octanol–water partition coefficient (Wildman–Crippen LogP) is 3.18. The number of anilines is 1. The topological polar surface area (TPSA) is 29.9 Å². The summed E-state index contributed by atoms with van der Waals surface area (Å²) >= 11 is 0. The van der Waals surface area contributed by atoms with E-state index in [-0.39, 0.29) is 6.54 Å². The lowest BCUT2D eigenvalue weighted by atomic mass is 10.2. The summed E-state index contributed by atoms with van der Waals surface area (Å²) in [5.74, 6) is -0.976. The van der Waals surface area contributed by atoms with E-state index in [1.165, 1.54) is 6.07 Å². The number of hydrogen-bond acceptors (Lipinski definition) is 2. The van der Waals surface area contributed by atoms with Crippen LogP contribution in [-0.2, 0) is 13.1 Å². The van der Waals surface area contributed by atoms with Crippen molar-refractivity contribution in [3.8, 4) is 0 Å². The number of halogens is 2. The molecule has 18 heavy (non-hydrogen) atoms. The van der Waals surface area contributed by atoms with E-state index < -0.39 is 11.6 Å². The fraction of sp³-hybridized carbons (Fsp3) is 0.308. The lowest BCUT2D eigenvalue weighted by Gasteiger charge is -2.05. The molecule has 0 aliphatic carbocycles. The Morgan fingerprint density at radius 2 is 2.11 bits per heavy atom. The monoisotopic (exact) mass is 251 g/mol. The molecule has 1 heterocycles. The van der Waals surface area contributed by atoms with E-state index in [4.69, 9.17) is 0 Å². The van der Waals surface area contributed by atoms with Crippen molar-refractivity contribution in [2.45, 2.75) is 26.4 Å². The van der Waals surface area contributed by atoms with Gasteiger partial charge in [-0.1, -0.05) is 19.1 Å². The van der Waals surface area contributed by atoms with E-state index in [1.54, 1.807) is 6.07 Å². The highest BCUT2D eigenvalue weighted by molar-refractivity contribution is 5.34. The van der Waals surface area contributed by atoms with Crippen LogP contribution in [0.3, 0.4) is 0 Å². The summed E-state index contributed by atoms with van der Waals surface area (Å²) in [6, 6.07) is 5.96. The number of nitrogens with one attached hydrogen (secondary N) is 1. The molecule has 1 N–H and O–H groups in total. The molecule has 0 saturated heterocycles. The number of rotatable bonds is 5. The Morgan fingerprint density at radius 3 is 2.89 bits per heavy atom. The molecule has 0 amide bonds. The molecule has 5 heteroatoms. The van der Waals surface area contributed by atoms with Crippen molar-refractivity contribution >= 4 is 5.82 Å². The van der Waals surface area contributed by atoms with Gasteiger partial charge in [-0.15, -0.1) is 0 Å². The van der Waals surface area contributed by atoms with Gasteiger partial charge in [0.2, 0.25) is 0 Å². The van der Waals surface area contributed by atoms with Gasteiger partial charge in [-0.3, -0.25) is 4.68 Å². The first-order valence-corrected chi connectivity index (χ1v) is 5.91. The Balaban J connectivity index is 2.00. The molecule has 1 aromatic carbocycles. The first-order valence-electron chi connectivity index (χ1n) is 5.91. The van der Waals surface area contributed by atoms with Gasteiger partial charge in [-0.05, 0) is 12.5 Å². The average molecular weight is 251 g/mol. The molecule has 2 rings (SSSR count). The van der Waals surface area contributed by atoms with Gasteiger partial charge < -0.3 is 5.32 Å². The second kappa shape index (κ2) is 5.62. The SMILES string of the molecule is CCCn1ccc(NCc2cccc(F)c2F)n1. The van der Waals surface area contributed by atoms with Gasteiger partial charge in [0.15, 0.2) is 11.6 Å². The molecule has 0 bridgehead atoms. The minimum atomic E-state index is -0.828. The first kappa shape index (κ1) is 12.5. The van der Waals surface area contributed by atoms with Crippen molar-refractivity contribution in [1.29, 1.82) is 0 Å². The zero-order valence-corrected chi connectivity index (χ0v) is 10.2. The van der Waals surface area contributed by atoms with Crippen molar-refractivity contribution in [3.05, 3.63) is 47.7 Å². The number of nitrogens with zero attached hydrogens (tertiary/aromatic N) is 2. The van der Waals surface area contributed by atoms with Crippen molar-refractivity contribution in [2.24, 2.45) is 0 Å². The van der Waals surface area contributed by atoms with E-state index in [0.29, 0.717) is 11.4 Å². The van der Waals surface area contributed by atoms with Crippen LogP contribution in [-0.4, -0.2) is 9.78 Å². The molecule has 96 valence electrons. The number of aromatic nitrogens is 2. The summed E-state index contributed by atoms with van der Waals surface area (Å²) in [5.41, 5.74) is 0.292. The van der Waals surface area contributed by atoms with Gasteiger partial charge in [0.05, 0.1) is 0 Å². The van der Waals surface area contributed by atoms with Crippen LogP contribution < -0.4 is 5.32 Å². The molecular formula is C13H15F2N3. The van der Waals surface area contributed by atoms with Crippen molar-refractivity contribution in [3.63, 3.8) is 0 Å². The van der Waals surface area contributed by atoms with Gasteiger partial charge in [0.25, 0.3) is 0 Å². The summed E-state index contributed by atoms with van der Waals surface area (Å²) in [6.45, 7) is 3.12. The van der Waals surface area contributed by atoms with Crippen LogP contribution in [0.25, 0.3) is 0 Å². The molecule has 0 fully saturated rings. The molecule has 0 aliphatic heterocycles. The van der Waals surface area contributed by atoms with Gasteiger partial charge >= 0.3 is 0 Å². The smallest absolute Gasteiger partial charge is 0.163 e. The lowest BCUT2D eigenvalue weighted by Crippen LogP contribution is -2.05. The minimum Gasteiger partial charge on any atom is -0.364 e. The molecule has 1 aromatic heterocycles. The van der Waals surface area contributed by atoms with Gasteiger partial charge in [0, 0.05) is 30.9 Å². The molecule has 3 nitrogen and oxygen atoms in total. The van der Waals surface area contributed by atoms with E-state index in [9.17, 15) is 8.78 Å². The molecular weight excluding hydrogens is 236 g/mol. The third-order valence-corrected chi connectivity index (χ3v) is 2.58. The summed E-state index contributed by atoms with van der Waals surface area (Å²) < 4.78 is 28.2. The van der Waals surface area contributed by atoms with Crippen LogP contribution in [0.5, 0.6) is 0 Å². The Hall–Kier alpha value is -1.91. The third-order valence-electron chi connectivity index (χ3n) is 2.58. The zero-order chi connectivity index (χ0) is 13.0. The highest BCUT2D eigenvalue weighted by Crippen LogP contribution is 2.13. The highest BCUT2D eigenvalue weighted by atomic mass is 19.2. The number of hydrogen-bond donors (Lipinski definition) is 1. The fourth-order valence-electron chi connectivity index (χ4n) is 1.68. The van der Waals surface area contributed by atoms with Gasteiger partial charge in [-0.2, -0.15) is 5.10 Å². The normalized spacial score (nSPS) is 10.6. The highest BCUT2D eigenvalue weighted by Gasteiger charge is 2.07. The van der Waals surface area contributed by atoms with Crippen LogP contribution in [0, 0.1) is 11.6 Å². The summed E-state index contributed by atoms with van der Waals surface area (Å²) in [6.07, 6.45) is 2.85. The quantitative estimate of drug-likeness (QED) is 0.884. The standard InChI is InChI=1S/C13H15F2N3/c1-2-7-18-8-6-12(17-18)16-9-10-4-3-5-11(14)13(10)15/h3-6,8H,2,7,9H2,1H3,(H,16,17). The van der Waals surface area contributed by atoms with Crippen LogP contribution >= 0.6 is 0 Å². The van der Waals surface area contributed by atoms with Crippen molar-refractivity contribution in [2.75, 3.05) is 5.32 Å². The maximum Gasteiger partial charge on any atom is 0.163 e. The summed E-state index contributed by atoms with van der Waals surface area (Å²) in [7, 11) is 0. The van der Waals surface area contributed by atoms with Gasteiger partial charge in [-0.25, -0.2) is 8.78 Å². The second-order valence-electron chi connectivity index (χ2n) is 4.03. The Bertz CT molecular complexity index is 523. The third kappa shape index (κ3) is 2.85. The van der Waals surface area contributed by atoms with Crippen molar-refractivity contribution in [1.82, 2.24) is 9.78 Å². The molecule has 0 unspecified atom stereocenters. The maximum atomic E-state index is 13.4. The number of benzene rings is 1. The second-order valence-corrected chi connectivity index (χ2v) is 4.03. The molecule has 0 atom stereocenters. The van der Waals surface area contributed by atoms with Crippen molar-refractivity contribution < 1.29 is 8.78 Å². The molecule has 0 radical (unpaired) electrons. The van der Waals surface area contributed by atoms with Gasteiger partial charge in [0.1, 0.15) is 5.82 Å². The summed E-state index contributed by atoms with van der Waals surface area (Å²) in [4.78, 5) is 0. The van der Waals surface area contributed by atoms with Crippen LogP contribution in [0.1, 0.15) is 18.9 Å². The number of aryl methyl sites for hydroxylation is 1. The lowest BCUT2D eigenvalue weighted by molar-refractivity contribution is 0.500. The summed E-state index contributed by atoms with van der Waals surface area (Å²) in [5, 5.41) is 7.23. The van der Waals surface area contributed by atoms with E-state index in [0.717, 1.165) is 19.0 Å². The Kier molecular flexibility index (Phi) is 3.92. The van der Waals surface area contributed by atoms with Crippen LogP contribution in [0.15, 0.2) is 30.5 Å². The van der Waals surface area contributed by atoms with E-state index in [2.05, 4.69) is 17.3 Å². The molecule has 0 spiro atoms. The zero-order valence-electron chi connectivity index (χ0n) is 10.2. The molecule has 0 aliphatic rings. The van der Waals surface area contributed by atoms with Crippen LogP contribution in [0.2, 0.25) is 0 Å². The van der Waals surface area contributed by atoms with E-state index >= 15 is 0 Å². The molecule has 0 saturated carbocycles. The minimum absolute atomic E-state index is 0.215. The average Bonchev–Trinajstić information content (AvgIpc) is 2.79. The Labute approximate surface area is 104 Å². The fourth-order valence-corrected chi connectivity index (χ4v) is 1.68. The van der Waals surface area contributed by atoms with E-state index in [1.807, 2.05) is 16.9 Å². The molecule has 2 aromatic rings. The first-order chi connectivity index (χ1) is 8.70. The largest absolute Gasteiger partial charge is 0.364 e. The van der Waals surface area contributed by atoms with Crippen LogP contribution in [0.4, 0.5) is 14.6 Å². The maximum absolute atomic E-state index is 13.4. The Morgan fingerprint density at radius 1 is 1.28 bits per heavy atom.